The van der Waals surface area contributed by atoms with Crippen LogP contribution in [0.2, 0.25) is 0 Å². The van der Waals surface area contributed by atoms with Crippen LogP contribution >= 0.6 is 0 Å². The van der Waals surface area contributed by atoms with Crippen LogP contribution in [0.4, 0.5) is 0 Å². The molecule has 2 fully saturated rings. The van der Waals surface area contributed by atoms with Crippen molar-refractivity contribution in [1.29, 1.82) is 0 Å². The molecule has 2 atom stereocenters. The van der Waals surface area contributed by atoms with Gasteiger partial charge in [-0.05, 0) is 31.6 Å². The third-order valence-corrected chi connectivity index (χ3v) is 4.05. The van der Waals surface area contributed by atoms with Gasteiger partial charge in [-0.3, -0.25) is 0 Å². The Kier molecular flexibility index (Phi) is 5.75. The van der Waals surface area contributed by atoms with Crippen molar-refractivity contribution in [3.63, 3.8) is 0 Å². The van der Waals surface area contributed by atoms with Crippen molar-refractivity contribution < 1.29 is 14.6 Å². The highest BCUT2D eigenvalue weighted by atomic mass is 16.5. The first-order chi connectivity index (χ1) is 8.36. The first kappa shape index (κ1) is 13.3. The lowest BCUT2D eigenvalue weighted by Crippen LogP contribution is -2.32. The van der Waals surface area contributed by atoms with E-state index >= 15 is 0 Å². The Morgan fingerprint density at radius 2 is 1.65 bits per heavy atom. The first-order valence-corrected chi connectivity index (χ1v) is 7.23. The molecule has 0 aromatic carbocycles. The summed E-state index contributed by atoms with van der Waals surface area (Å²) in [5, 5.41) is 10.1. The Hall–Kier alpha value is -0.120. The molecular weight excluding hydrogens is 216 g/mol. The standard InChI is InChI=1S/C14H26O3/c15-13-5-3-1-2-4-6-14(13)17-11-12-7-9-16-10-8-12/h12-15H,1-11H2. The summed E-state index contributed by atoms with van der Waals surface area (Å²) in [6.45, 7) is 2.56. The fourth-order valence-corrected chi connectivity index (χ4v) is 2.80. The molecule has 1 saturated heterocycles. The molecule has 2 rings (SSSR count). The van der Waals surface area contributed by atoms with Crippen LogP contribution in [0.15, 0.2) is 0 Å². The van der Waals surface area contributed by atoms with E-state index in [1.807, 2.05) is 0 Å². The maximum Gasteiger partial charge on any atom is 0.0834 e. The summed E-state index contributed by atoms with van der Waals surface area (Å²) in [6, 6.07) is 0. The van der Waals surface area contributed by atoms with E-state index in [9.17, 15) is 5.11 Å². The zero-order valence-electron chi connectivity index (χ0n) is 10.8. The van der Waals surface area contributed by atoms with Crippen molar-refractivity contribution in [3.05, 3.63) is 0 Å². The highest BCUT2D eigenvalue weighted by Gasteiger charge is 2.23. The Bertz CT molecular complexity index is 202. The Morgan fingerprint density at radius 3 is 2.41 bits per heavy atom. The SMILES string of the molecule is OC1CCCCCCC1OCC1CCOCC1. The van der Waals surface area contributed by atoms with Gasteiger partial charge in [-0.25, -0.2) is 0 Å². The van der Waals surface area contributed by atoms with Crippen molar-refractivity contribution >= 4 is 0 Å². The smallest absolute Gasteiger partial charge is 0.0834 e. The van der Waals surface area contributed by atoms with Crippen LogP contribution in [0.5, 0.6) is 0 Å². The first-order valence-electron chi connectivity index (χ1n) is 7.23. The van der Waals surface area contributed by atoms with Crippen LogP contribution in [-0.4, -0.2) is 37.1 Å². The quantitative estimate of drug-likeness (QED) is 0.826. The molecule has 0 aromatic heterocycles. The van der Waals surface area contributed by atoms with E-state index in [1.165, 1.54) is 19.3 Å². The monoisotopic (exact) mass is 242 g/mol. The molecule has 3 heteroatoms. The molecule has 17 heavy (non-hydrogen) atoms. The van der Waals surface area contributed by atoms with Gasteiger partial charge in [-0.1, -0.05) is 25.7 Å². The predicted octanol–water partition coefficient (Wildman–Crippen LogP) is 2.51. The van der Waals surface area contributed by atoms with Crippen molar-refractivity contribution in [3.8, 4) is 0 Å². The van der Waals surface area contributed by atoms with Gasteiger partial charge in [0.05, 0.1) is 18.8 Å². The van der Waals surface area contributed by atoms with Gasteiger partial charge in [0.2, 0.25) is 0 Å². The molecule has 1 aliphatic heterocycles. The highest BCUT2D eigenvalue weighted by Crippen LogP contribution is 2.22. The number of hydrogen-bond donors (Lipinski definition) is 1. The van der Waals surface area contributed by atoms with E-state index < -0.39 is 0 Å². The minimum atomic E-state index is -0.241. The number of rotatable bonds is 3. The number of ether oxygens (including phenoxy) is 2. The normalized spacial score (nSPS) is 33.0. The van der Waals surface area contributed by atoms with Crippen LogP contribution in [0.1, 0.15) is 51.4 Å². The van der Waals surface area contributed by atoms with Gasteiger partial charge < -0.3 is 14.6 Å². The summed E-state index contributed by atoms with van der Waals surface area (Å²) in [5.74, 6) is 0.640. The maximum atomic E-state index is 10.1. The molecule has 1 aliphatic carbocycles. The van der Waals surface area contributed by atoms with E-state index in [4.69, 9.17) is 9.47 Å². The average molecular weight is 242 g/mol. The number of aliphatic hydroxyl groups is 1. The van der Waals surface area contributed by atoms with Gasteiger partial charge in [0, 0.05) is 13.2 Å². The van der Waals surface area contributed by atoms with Crippen LogP contribution in [0.3, 0.4) is 0 Å². The van der Waals surface area contributed by atoms with Crippen molar-refractivity contribution in [2.24, 2.45) is 5.92 Å². The molecule has 2 aliphatic rings. The predicted molar refractivity (Wildman–Crippen MR) is 67.0 cm³/mol. The fraction of sp³-hybridized carbons (Fsp3) is 1.00. The topological polar surface area (TPSA) is 38.7 Å². The van der Waals surface area contributed by atoms with Gasteiger partial charge >= 0.3 is 0 Å². The van der Waals surface area contributed by atoms with Crippen molar-refractivity contribution in [2.75, 3.05) is 19.8 Å². The molecule has 1 saturated carbocycles. The van der Waals surface area contributed by atoms with Gasteiger partial charge in [0.25, 0.3) is 0 Å². The summed E-state index contributed by atoms with van der Waals surface area (Å²) in [4.78, 5) is 0. The molecule has 0 amide bonds. The lowest BCUT2D eigenvalue weighted by Gasteiger charge is -2.29. The maximum absolute atomic E-state index is 10.1. The fourth-order valence-electron chi connectivity index (χ4n) is 2.80. The molecule has 2 unspecified atom stereocenters. The second kappa shape index (κ2) is 7.34. The van der Waals surface area contributed by atoms with Gasteiger partial charge in [0.1, 0.15) is 0 Å². The highest BCUT2D eigenvalue weighted by molar-refractivity contribution is 4.73. The molecule has 0 bridgehead atoms. The lowest BCUT2D eigenvalue weighted by molar-refractivity contribution is -0.0719. The molecule has 0 radical (unpaired) electrons. The molecule has 1 heterocycles. The van der Waals surface area contributed by atoms with Gasteiger partial charge in [-0.15, -0.1) is 0 Å². The summed E-state index contributed by atoms with van der Waals surface area (Å²) in [5.41, 5.74) is 0. The molecule has 3 nitrogen and oxygen atoms in total. The zero-order chi connectivity index (χ0) is 11.9. The molecule has 100 valence electrons. The zero-order valence-corrected chi connectivity index (χ0v) is 10.8. The lowest BCUT2D eigenvalue weighted by atomic mass is 9.95. The van der Waals surface area contributed by atoms with Crippen LogP contribution in [0.25, 0.3) is 0 Å². The van der Waals surface area contributed by atoms with E-state index in [1.54, 1.807) is 0 Å². The van der Waals surface area contributed by atoms with E-state index in [0.29, 0.717) is 5.92 Å². The summed E-state index contributed by atoms with van der Waals surface area (Å²) in [7, 11) is 0. The molecular formula is C14H26O3. The molecule has 1 N–H and O–H groups in total. The van der Waals surface area contributed by atoms with Crippen LogP contribution in [0, 0.1) is 5.92 Å². The third-order valence-electron chi connectivity index (χ3n) is 4.05. The third kappa shape index (κ3) is 4.57. The van der Waals surface area contributed by atoms with Crippen molar-refractivity contribution in [1.82, 2.24) is 0 Å². The Morgan fingerprint density at radius 1 is 0.941 bits per heavy atom. The largest absolute Gasteiger partial charge is 0.390 e. The molecule has 0 aromatic rings. The summed E-state index contributed by atoms with van der Waals surface area (Å²) < 4.78 is 11.3. The second-order valence-electron chi connectivity index (χ2n) is 5.49. The van der Waals surface area contributed by atoms with Crippen LogP contribution < -0.4 is 0 Å². The minimum Gasteiger partial charge on any atom is -0.390 e. The number of aliphatic hydroxyl groups excluding tert-OH is 1. The van der Waals surface area contributed by atoms with Gasteiger partial charge in [-0.2, -0.15) is 0 Å². The number of hydrogen-bond acceptors (Lipinski definition) is 3. The Balaban J connectivity index is 1.71. The molecule has 0 spiro atoms. The van der Waals surface area contributed by atoms with E-state index in [-0.39, 0.29) is 12.2 Å². The van der Waals surface area contributed by atoms with Crippen molar-refractivity contribution in [2.45, 2.75) is 63.6 Å². The average Bonchev–Trinajstić information content (AvgIpc) is 2.35. The summed E-state index contributed by atoms with van der Waals surface area (Å²) in [6.07, 6.45) is 8.93. The van der Waals surface area contributed by atoms with Gasteiger partial charge in [0.15, 0.2) is 0 Å². The second-order valence-corrected chi connectivity index (χ2v) is 5.49. The Labute approximate surface area is 104 Å². The summed E-state index contributed by atoms with van der Waals surface area (Å²) >= 11 is 0. The van der Waals surface area contributed by atoms with E-state index in [2.05, 4.69) is 0 Å². The minimum absolute atomic E-state index is 0.0816. The van der Waals surface area contributed by atoms with E-state index in [0.717, 1.165) is 51.9 Å². The van der Waals surface area contributed by atoms with Crippen LogP contribution in [-0.2, 0) is 9.47 Å².